The molecule has 1 N–H and O–H groups in total. The lowest BCUT2D eigenvalue weighted by Crippen LogP contribution is -3.03. The van der Waals surface area contributed by atoms with Crippen LogP contribution in [0.2, 0.25) is 0 Å². The Morgan fingerprint density at radius 2 is 1.41 bits per heavy atom. The van der Waals surface area contributed by atoms with Crippen molar-refractivity contribution < 1.29 is 4.90 Å². The van der Waals surface area contributed by atoms with Crippen molar-refractivity contribution in [3.05, 3.63) is 28.5 Å². The van der Waals surface area contributed by atoms with Crippen LogP contribution in [0.15, 0.2) is 21.4 Å². The average Bonchev–Trinajstić information content (AvgIpc) is 2.36. The molecule has 1 nitrogen and oxygen atoms in total. The molecule has 0 aromatic carbocycles. The van der Waals surface area contributed by atoms with Crippen LogP contribution in [0.3, 0.4) is 0 Å². The van der Waals surface area contributed by atoms with Crippen LogP contribution in [-0.4, -0.2) is 0 Å². The molecule has 0 aromatic rings. The van der Waals surface area contributed by atoms with Gasteiger partial charge in [0.1, 0.15) is 5.70 Å². The summed E-state index contributed by atoms with van der Waals surface area (Å²) in [5.74, 6) is 1.05. The predicted molar refractivity (Wildman–Crippen MR) is 78.4 cm³/mol. The van der Waals surface area contributed by atoms with Crippen LogP contribution >= 0.6 is 15.9 Å². The van der Waals surface area contributed by atoms with E-state index in [4.69, 9.17) is 0 Å². The second kappa shape index (κ2) is 4.89. The lowest BCUT2D eigenvalue weighted by atomic mass is 9.83. The van der Waals surface area contributed by atoms with Crippen molar-refractivity contribution in [2.45, 2.75) is 48.5 Å². The summed E-state index contributed by atoms with van der Waals surface area (Å²) in [6, 6.07) is 0. The topological polar surface area (TPSA) is 4.44 Å². The van der Waals surface area contributed by atoms with E-state index in [1.165, 1.54) is 26.3 Å². The Bertz CT molecular complexity index is 367. The first kappa shape index (κ1) is 15.0. The molecule has 0 amide bonds. The minimum atomic E-state index is 0.165. The molecule has 0 aliphatic carbocycles. The molecule has 1 unspecified atom stereocenters. The summed E-state index contributed by atoms with van der Waals surface area (Å²) in [7, 11) is 4.33. The van der Waals surface area contributed by atoms with Gasteiger partial charge in [0.2, 0.25) is 0 Å². The van der Waals surface area contributed by atoms with E-state index in [1.807, 2.05) is 0 Å². The molecule has 2 heteroatoms. The van der Waals surface area contributed by atoms with Gasteiger partial charge in [-0.1, -0.05) is 48.5 Å². The third kappa shape index (κ3) is 2.68. The van der Waals surface area contributed by atoms with Gasteiger partial charge in [0.15, 0.2) is 0 Å². The number of quaternary nitrogens is 1. The van der Waals surface area contributed by atoms with E-state index in [0.717, 1.165) is 0 Å². The maximum atomic E-state index is 4.33. The summed E-state index contributed by atoms with van der Waals surface area (Å²) in [6.07, 6.45) is 0. The summed E-state index contributed by atoms with van der Waals surface area (Å²) >= 11 is 3.82. The van der Waals surface area contributed by atoms with Gasteiger partial charge >= 0.3 is 0 Å². The first-order valence-corrected chi connectivity index (χ1v) is 7.22. The van der Waals surface area contributed by atoms with E-state index in [2.05, 4.69) is 71.4 Å². The van der Waals surface area contributed by atoms with Crippen LogP contribution in [0.5, 0.6) is 0 Å². The largest absolute Gasteiger partial charge is 0.407 e. The van der Waals surface area contributed by atoms with Gasteiger partial charge < -0.3 is 4.90 Å². The Kier molecular flexibility index (Phi) is 4.31. The number of halogens is 1. The third-order valence-electron chi connectivity index (χ3n) is 3.28. The molecule has 1 aliphatic heterocycles. The molecule has 98 valence electrons. The fourth-order valence-electron chi connectivity index (χ4n) is 2.65. The highest BCUT2D eigenvalue weighted by molar-refractivity contribution is 9.12. The van der Waals surface area contributed by atoms with E-state index in [9.17, 15) is 0 Å². The molecule has 0 saturated heterocycles. The fourth-order valence-corrected chi connectivity index (χ4v) is 4.16. The molecule has 0 radical (unpaired) electrons. The van der Waals surface area contributed by atoms with Crippen molar-refractivity contribution in [2.24, 2.45) is 17.3 Å². The second-order valence-electron chi connectivity index (χ2n) is 6.55. The molecule has 0 aromatic heterocycles. The highest BCUT2D eigenvalue weighted by Crippen LogP contribution is 2.42. The van der Waals surface area contributed by atoms with E-state index < -0.39 is 0 Å². The summed E-state index contributed by atoms with van der Waals surface area (Å²) < 4.78 is 1.29. The summed E-state index contributed by atoms with van der Waals surface area (Å²) in [4.78, 5) is 1.24. The van der Waals surface area contributed by atoms with Crippen molar-refractivity contribution in [3.63, 3.8) is 0 Å². The van der Waals surface area contributed by atoms with Gasteiger partial charge in [-0.15, -0.1) is 7.05 Å². The molecule has 1 rings (SSSR count). The Morgan fingerprint density at radius 1 is 1.00 bits per heavy atom. The van der Waals surface area contributed by atoms with Crippen LogP contribution in [0.25, 0.3) is 0 Å². The molecule has 1 heterocycles. The van der Waals surface area contributed by atoms with Crippen LogP contribution in [0.1, 0.15) is 48.5 Å². The zero-order chi connectivity index (χ0) is 13.5. The summed E-state index contributed by atoms with van der Waals surface area (Å²) in [5.41, 5.74) is 4.44. The summed E-state index contributed by atoms with van der Waals surface area (Å²) in [5, 5.41) is 0. The maximum Gasteiger partial charge on any atom is 0.103 e. The Labute approximate surface area is 115 Å². The zero-order valence-corrected chi connectivity index (χ0v) is 13.8. The molecule has 0 bridgehead atoms. The maximum absolute atomic E-state index is 4.33. The Hall–Kier alpha value is -0.0800. The van der Waals surface area contributed by atoms with Crippen molar-refractivity contribution in [3.8, 4) is 0 Å². The normalized spacial score (nSPS) is 22.4. The SMILES string of the molecule is [CH2-][NH+]1C(C(C)C)=C(Br)C(C(C)(C)C)=C1C(C)C. The van der Waals surface area contributed by atoms with Crippen LogP contribution < -0.4 is 4.90 Å². The van der Waals surface area contributed by atoms with Gasteiger partial charge in [-0.25, -0.2) is 0 Å². The molecule has 1 atom stereocenters. The number of allylic oxidation sites excluding steroid dienone is 4. The molecule has 1 aliphatic rings. The number of nitrogens with one attached hydrogen (secondary N) is 1. The van der Waals surface area contributed by atoms with Gasteiger partial charge in [-0.05, 0) is 21.3 Å². The Morgan fingerprint density at radius 3 is 1.65 bits per heavy atom. The minimum absolute atomic E-state index is 0.165. The van der Waals surface area contributed by atoms with E-state index >= 15 is 0 Å². The van der Waals surface area contributed by atoms with Gasteiger partial charge in [0.05, 0.1) is 10.2 Å². The number of rotatable bonds is 2. The van der Waals surface area contributed by atoms with Crippen molar-refractivity contribution in [2.75, 3.05) is 0 Å². The number of hydrogen-bond acceptors (Lipinski definition) is 0. The van der Waals surface area contributed by atoms with Gasteiger partial charge in [0.25, 0.3) is 0 Å². The van der Waals surface area contributed by atoms with Crippen molar-refractivity contribution >= 4 is 15.9 Å². The highest BCUT2D eigenvalue weighted by atomic mass is 79.9. The Balaban J connectivity index is 3.41. The standard InChI is InChI=1S/C15H26BrN/c1-9(2)13-11(15(5,6)7)12(16)14(10(3)4)17(13)8/h9-10,17H,8H2,1-7H3. The van der Waals surface area contributed by atoms with E-state index in [1.54, 1.807) is 0 Å². The smallest absolute Gasteiger partial charge is 0.103 e. The molecular weight excluding hydrogens is 274 g/mol. The molecule has 17 heavy (non-hydrogen) atoms. The van der Waals surface area contributed by atoms with Crippen LogP contribution in [-0.2, 0) is 0 Å². The monoisotopic (exact) mass is 299 g/mol. The van der Waals surface area contributed by atoms with Crippen molar-refractivity contribution in [1.82, 2.24) is 0 Å². The van der Waals surface area contributed by atoms with E-state index in [0.29, 0.717) is 11.8 Å². The average molecular weight is 300 g/mol. The lowest BCUT2D eigenvalue weighted by molar-refractivity contribution is -0.774. The minimum Gasteiger partial charge on any atom is -0.407 e. The van der Waals surface area contributed by atoms with Gasteiger partial charge in [-0.3, -0.25) is 0 Å². The molecular formula is C15H26BrN. The molecule has 0 spiro atoms. The highest BCUT2D eigenvalue weighted by Gasteiger charge is 2.38. The van der Waals surface area contributed by atoms with Crippen LogP contribution in [0.4, 0.5) is 0 Å². The molecule has 0 fully saturated rings. The number of hydrogen-bond donors (Lipinski definition) is 1. The summed E-state index contributed by atoms with van der Waals surface area (Å²) in [6.45, 7) is 15.8. The van der Waals surface area contributed by atoms with Crippen molar-refractivity contribution in [1.29, 1.82) is 0 Å². The van der Waals surface area contributed by atoms with E-state index in [-0.39, 0.29) is 5.41 Å². The first-order chi connectivity index (χ1) is 7.59. The third-order valence-corrected chi connectivity index (χ3v) is 4.10. The first-order valence-electron chi connectivity index (χ1n) is 6.43. The quantitative estimate of drug-likeness (QED) is 0.738. The molecule has 0 saturated carbocycles. The second-order valence-corrected chi connectivity index (χ2v) is 7.35. The van der Waals surface area contributed by atoms with Crippen LogP contribution in [0, 0.1) is 24.3 Å². The van der Waals surface area contributed by atoms with Gasteiger partial charge in [0, 0.05) is 17.4 Å². The van der Waals surface area contributed by atoms with Gasteiger partial charge in [-0.2, -0.15) is 0 Å². The predicted octanol–water partition coefficient (Wildman–Crippen LogP) is 3.90. The fraction of sp³-hybridized carbons (Fsp3) is 0.667. The lowest BCUT2D eigenvalue weighted by Gasteiger charge is -2.28. The zero-order valence-electron chi connectivity index (χ0n) is 12.2.